The molecule has 0 saturated carbocycles. The van der Waals surface area contributed by atoms with E-state index in [0.29, 0.717) is 0 Å². The summed E-state index contributed by atoms with van der Waals surface area (Å²) in [6.45, 7) is 0. The molecule has 0 rings (SSSR count). The lowest BCUT2D eigenvalue weighted by atomic mass is 10.8. The minimum absolute atomic E-state index is 0.0494. The molecule has 0 radical (unpaired) electrons. The zero-order chi connectivity index (χ0) is 11.1. The van der Waals surface area contributed by atoms with Gasteiger partial charge in [0.05, 0.1) is 0 Å². The third kappa shape index (κ3) is 7.87. The van der Waals surface area contributed by atoms with Crippen LogP contribution in [-0.4, -0.2) is 53.6 Å². The highest BCUT2D eigenvalue weighted by molar-refractivity contribution is 7.89. The van der Waals surface area contributed by atoms with Crippen LogP contribution in [-0.2, 0) is 31.2 Å². The van der Waals surface area contributed by atoms with Gasteiger partial charge in [-0.25, -0.2) is 0 Å². The topological polar surface area (TPSA) is 109 Å². The Hall–Kier alpha value is -0.760. The summed E-state index contributed by atoms with van der Waals surface area (Å²) in [5, 5.41) is 16.5. The normalized spacial score (nSPS) is 14.6. The fourth-order valence-electron chi connectivity index (χ4n) is 0.606. The molecular formula is C6H10O6S2. The van der Waals surface area contributed by atoms with Gasteiger partial charge in [0.15, 0.2) is 0 Å². The van der Waals surface area contributed by atoms with Gasteiger partial charge in [-0.2, -0.15) is 0 Å². The van der Waals surface area contributed by atoms with Crippen molar-refractivity contribution in [2.75, 3.05) is 23.0 Å². The van der Waals surface area contributed by atoms with E-state index < -0.39 is 45.0 Å². The third-order valence-electron chi connectivity index (χ3n) is 1.11. The van der Waals surface area contributed by atoms with Gasteiger partial charge in [0, 0.05) is 33.1 Å². The van der Waals surface area contributed by atoms with Crippen molar-refractivity contribution in [2.24, 2.45) is 0 Å². The minimum atomic E-state index is -1.57. The van der Waals surface area contributed by atoms with Gasteiger partial charge in [0.2, 0.25) is 0 Å². The predicted octanol–water partition coefficient (Wildman–Crippen LogP) is -1.35. The molecule has 0 amide bonds. The second-order valence-electron chi connectivity index (χ2n) is 2.36. The molecule has 2 N–H and O–H groups in total. The van der Waals surface area contributed by atoms with E-state index in [0.717, 1.165) is 0 Å². The van der Waals surface area contributed by atoms with E-state index >= 15 is 0 Å². The number of hydrogen-bond donors (Lipinski definition) is 2. The summed E-state index contributed by atoms with van der Waals surface area (Å²) in [6.07, 6.45) is 0. The maximum atomic E-state index is 10.9. The minimum Gasteiger partial charge on any atom is -0.481 e. The summed E-state index contributed by atoms with van der Waals surface area (Å²) in [5.74, 6) is -3.47. The average Bonchev–Trinajstić information content (AvgIpc) is 1.98. The van der Waals surface area contributed by atoms with Gasteiger partial charge >= 0.3 is 11.9 Å². The molecule has 82 valence electrons. The number of aliphatic carboxylic acids is 2. The van der Waals surface area contributed by atoms with E-state index in [1.165, 1.54) is 0 Å². The molecule has 0 aliphatic rings. The van der Waals surface area contributed by atoms with Crippen LogP contribution < -0.4 is 0 Å². The lowest BCUT2D eigenvalue weighted by Gasteiger charge is -1.98. The summed E-state index contributed by atoms with van der Waals surface area (Å²) < 4.78 is 21.8. The van der Waals surface area contributed by atoms with Crippen LogP contribution in [0.2, 0.25) is 0 Å². The van der Waals surface area contributed by atoms with Crippen LogP contribution in [0.5, 0.6) is 0 Å². The Bertz CT molecular complexity index is 245. The number of carboxylic acid groups (broad SMARTS) is 2. The summed E-state index contributed by atoms with van der Waals surface area (Å²) >= 11 is 0. The molecule has 6 nitrogen and oxygen atoms in total. The van der Waals surface area contributed by atoms with Crippen LogP contribution in [0.1, 0.15) is 0 Å². The molecule has 0 aromatic heterocycles. The van der Waals surface area contributed by atoms with Crippen molar-refractivity contribution < 1.29 is 28.2 Å². The number of rotatable bonds is 7. The standard InChI is InChI=1S/C6H10O6S2/c7-5(8)3-13(11)1-2-14(12)4-6(9)10/h1-4H2,(H,7,8)(H,9,10). The first-order chi connectivity index (χ1) is 6.41. The van der Waals surface area contributed by atoms with Crippen molar-refractivity contribution in [3.8, 4) is 0 Å². The average molecular weight is 242 g/mol. The molecule has 0 aromatic rings. The Morgan fingerprint density at radius 1 is 0.857 bits per heavy atom. The highest BCUT2D eigenvalue weighted by atomic mass is 32.2. The van der Waals surface area contributed by atoms with E-state index in [2.05, 4.69) is 0 Å². The van der Waals surface area contributed by atoms with Crippen molar-refractivity contribution in [2.45, 2.75) is 0 Å². The first-order valence-corrected chi connectivity index (χ1v) is 6.53. The van der Waals surface area contributed by atoms with Gasteiger partial charge in [-0.15, -0.1) is 0 Å². The van der Waals surface area contributed by atoms with Gasteiger partial charge in [0.1, 0.15) is 11.5 Å². The fraction of sp³-hybridized carbons (Fsp3) is 0.667. The second kappa shape index (κ2) is 6.66. The van der Waals surface area contributed by atoms with E-state index in [-0.39, 0.29) is 11.5 Å². The van der Waals surface area contributed by atoms with Crippen molar-refractivity contribution in [1.82, 2.24) is 0 Å². The quantitative estimate of drug-likeness (QED) is 0.571. The summed E-state index contributed by atoms with van der Waals surface area (Å²) in [5.41, 5.74) is 0. The first-order valence-electron chi connectivity index (χ1n) is 3.55. The van der Waals surface area contributed by atoms with Crippen LogP contribution >= 0.6 is 0 Å². The number of carbonyl (C=O) groups is 2. The maximum absolute atomic E-state index is 10.9. The Labute approximate surface area is 85.2 Å². The molecular weight excluding hydrogens is 232 g/mol. The van der Waals surface area contributed by atoms with Gasteiger partial charge in [-0.05, 0) is 0 Å². The largest absolute Gasteiger partial charge is 0.481 e. The van der Waals surface area contributed by atoms with E-state index in [1.807, 2.05) is 0 Å². The van der Waals surface area contributed by atoms with Crippen molar-refractivity contribution >= 4 is 33.5 Å². The smallest absolute Gasteiger partial charge is 0.316 e. The molecule has 0 aliphatic carbocycles. The SMILES string of the molecule is O=C(O)CS(=O)CCS(=O)CC(=O)O. The highest BCUT2D eigenvalue weighted by Crippen LogP contribution is 1.88. The molecule has 0 saturated heterocycles. The molecule has 0 fully saturated rings. The van der Waals surface area contributed by atoms with Gasteiger partial charge in [-0.1, -0.05) is 0 Å². The summed E-state index contributed by atoms with van der Waals surface area (Å²) in [7, 11) is -3.14. The monoisotopic (exact) mass is 242 g/mol. The molecule has 0 spiro atoms. The van der Waals surface area contributed by atoms with Crippen LogP contribution in [0, 0.1) is 0 Å². The van der Waals surface area contributed by atoms with Crippen LogP contribution in [0.3, 0.4) is 0 Å². The highest BCUT2D eigenvalue weighted by Gasteiger charge is 2.10. The molecule has 8 heteroatoms. The van der Waals surface area contributed by atoms with Gasteiger partial charge in [-0.3, -0.25) is 18.0 Å². The Morgan fingerprint density at radius 2 is 1.14 bits per heavy atom. The van der Waals surface area contributed by atoms with Crippen molar-refractivity contribution in [1.29, 1.82) is 0 Å². The Morgan fingerprint density at radius 3 is 1.36 bits per heavy atom. The zero-order valence-electron chi connectivity index (χ0n) is 7.17. The molecule has 0 aromatic carbocycles. The molecule has 0 aliphatic heterocycles. The van der Waals surface area contributed by atoms with E-state index in [4.69, 9.17) is 10.2 Å². The Kier molecular flexibility index (Phi) is 6.30. The van der Waals surface area contributed by atoms with Crippen molar-refractivity contribution in [3.05, 3.63) is 0 Å². The van der Waals surface area contributed by atoms with Gasteiger partial charge in [0.25, 0.3) is 0 Å². The van der Waals surface area contributed by atoms with Crippen LogP contribution in [0.15, 0.2) is 0 Å². The third-order valence-corrected chi connectivity index (χ3v) is 3.82. The molecule has 0 bridgehead atoms. The van der Waals surface area contributed by atoms with Crippen molar-refractivity contribution in [3.63, 3.8) is 0 Å². The van der Waals surface area contributed by atoms with Crippen LogP contribution in [0.4, 0.5) is 0 Å². The number of carboxylic acids is 2. The second-order valence-corrected chi connectivity index (χ2v) is 5.52. The van der Waals surface area contributed by atoms with E-state index in [1.54, 1.807) is 0 Å². The van der Waals surface area contributed by atoms with Crippen LogP contribution in [0.25, 0.3) is 0 Å². The lowest BCUT2D eigenvalue weighted by molar-refractivity contribution is -0.135. The van der Waals surface area contributed by atoms with Gasteiger partial charge < -0.3 is 10.2 Å². The zero-order valence-corrected chi connectivity index (χ0v) is 8.81. The predicted molar refractivity (Wildman–Crippen MR) is 51.0 cm³/mol. The molecule has 0 heterocycles. The molecule has 2 atom stereocenters. The lowest BCUT2D eigenvalue weighted by Crippen LogP contribution is -2.19. The fourth-order valence-corrected chi connectivity index (χ4v) is 2.93. The summed E-state index contributed by atoms with van der Waals surface area (Å²) in [6, 6.07) is 0. The molecule has 14 heavy (non-hydrogen) atoms. The maximum Gasteiger partial charge on any atom is 0.316 e. The number of hydrogen-bond acceptors (Lipinski definition) is 4. The Balaban J connectivity index is 3.72. The first kappa shape index (κ1) is 13.2. The van der Waals surface area contributed by atoms with E-state index in [9.17, 15) is 18.0 Å². The molecule has 2 unspecified atom stereocenters. The summed E-state index contributed by atoms with van der Waals surface area (Å²) in [4.78, 5) is 20.1.